The van der Waals surface area contributed by atoms with Gasteiger partial charge in [-0.25, -0.2) is 4.79 Å². The van der Waals surface area contributed by atoms with Crippen LogP contribution in [0.4, 0.5) is 16.2 Å². The number of hydrogen-bond donors (Lipinski definition) is 2. The molecule has 144 valence electrons. The maximum Gasteiger partial charge on any atom is 0.319 e. The summed E-state index contributed by atoms with van der Waals surface area (Å²) in [5.74, 6) is 0.831. The molecule has 1 fully saturated rings. The van der Waals surface area contributed by atoms with Gasteiger partial charge < -0.3 is 25.2 Å². The van der Waals surface area contributed by atoms with Crippen molar-refractivity contribution in [1.82, 2.24) is 10.2 Å². The second-order valence-corrected chi connectivity index (χ2v) is 6.82. The molecule has 2 aromatic carbocycles. The van der Waals surface area contributed by atoms with Gasteiger partial charge in [-0.05, 0) is 55.4 Å². The zero-order valence-electron chi connectivity index (χ0n) is 16.1. The smallest absolute Gasteiger partial charge is 0.319 e. The van der Waals surface area contributed by atoms with E-state index in [1.165, 1.54) is 5.69 Å². The van der Waals surface area contributed by atoms with Gasteiger partial charge in [-0.1, -0.05) is 12.1 Å². The van der Waals surface area contributed by atoms with Crippen LogP contribution in [0.5, 0.6) is 5.75 Å². The molecule has 1 saturated heterocycles. The third-order valence-corrected chi connectivity index (χ3v) is 4.83. The standard InChI is InChI=1S/C21H28N4O2/c1-24-12-14-25(15-13-24)19-8-6-18(7-9-19)23-21(26)22-11-10-17-4-3-5-20(16-17)27-2/h3-9,16H,10-15H2,1-2H3,(H2,22,23,26). The molecule has 2 amide bonds. The molecule has 0 saturated carbocycles. The maximum atomic E-state index is 12.1. The van der Waals surface area contributed by atoms with E-state index in [0.717, 1.165) is 49.6 Å². The van der Waals surface area contributed by atoms with Gasteiger partial charge in [0.15, 0.2) is 0 Å². The summed E-state index contributed by atoms with van der Waals surface area (Å²) in [5.41, 5.74) is 3.13. The Bertz CT molecular complexity index is 740. The van der Waals surface area contributed by atoms with Gasteiger partial charge in [0.1, 0.15) is 5.75 Å². The number of methoxy groups -OCH3 is 1. The summed E-state index contributed by atoms with van der Waals surface area (Å²) in [4.78, 5) is 16.8. The molecule has 0 spiro atoms. The van der Waals surface area contributed by atoms with E-state index in [-0.39, 0.29) is 6.03 Å². The Morgan fingerprint density at radius 2 is 1.81 bits per heavy atom. The minimum Gasteiger partial charge on any atom is -0.497 e. The molecule has 1 heterocycles. The maximum absolute atomic E-state index is 12.1. The zero-order chi connectivity index (χ0) is 19.1. The number of benzene rings is 2. The summed E-state index contributed by atoms with van der Waals surface area (Å²) in [6.07, 6.45) is 0.757. The van der Waals surface area contributed by atoms with Gasteiger partial charge in [0.05, 0.1) is 7.11 Å². The molecular weight excluding hydrogens is 340 g/mol. The van der Waals surface area contributed by atoms with Crippen LogP contribution in [0.25, 0.3) is 0 Å². The Morgan fingerprint density at radius 3 is 2.52 bits per heavy atom. The summed E-state index contributed by atoms with van der Waals surface area (Å²) in [7, 11) is 3.80. The number of hydrogen-bond acceptors (Lipinski definition) is 4. The Hall–Kier alpha value is -2.73. The fraction of sp³-hybridized carbons (Fsp3) is 0.381. The van der Waals surface area contributed by atoms with Crippen molar-refractivity contribution in [3.63, 3.8) is 0 Å². The van der Waals surface area contributed by atoms with E-state index in [0.29, 0.717) is 6.54 Å². The first-order chi connectivity index (χ1) is 13.1. The molecule has 0 radical (unpaired) electrons. The van der Waals surface area contributed by atoms with Crippen molar-refractivity contribution in [3.8, 4) is 5.75 Å². The number of ether oxygens (including phenoxy) is 1. The van der Waals surface area contributed by atoms with E-state index in [4.69, 9.17) is 4.74 Å². The number of likely N-dealkylation sites (N-methyl/N-ethyl adjacent to an activating group) is 1. The molecule has 2 N–H and O–H groups in total. The van der Waals surface area contributed by atoms with Gasteiger partial charge >= 0.3 is 6.03 Å². The number of rotatable bonds is 6. The van der Waals surface area contributed by atoms with Gasteiger partial charge in [-0.2, -0.15) is 0 Å². The average Bonchev–Trinajstić information content (AvgIpc) is 2.69. The van der Waals surface area contributed by atoms with Crippen LogP contribution in [0.2, 0.25) is 0 Å². The number of anilines is 2. The average molecular weight is 368 g/mol. The fourth-order valence-electron chi connectivity index (χ4n) is 3.14. The molecule has 1 aliphatic rings. The summed E-state index contributed by atoms with van der Waals surface area (Å²) in [6, 6.07) is 15.7. The predicted octanol–water partition coefficient (Wildman–Crippen LogP) is 2.81. The summed E-state index contributed by atoms with van der Waals surface area (Å²) < 4.78 is 5.21. The number of carbonyl (C=O) groups excluding carboxylic acids is 1. The lowest BCUT2D eigenvalue weighted by Crippen LogP contribution is -2.44. The highest BCUT2D eigenvalue weighted by Crippen LogP contribution is 2.19. The van der Waals surface area contributed by atoms with Gasteiger partial charge in [0, 0.05) is 44.1 Å². The number of nitrogens with one attached hydrogen (secondary N) is 2. The molecule has 2 aromatic rings. The summed E-state index contributed by atoms with van der Waals surface area (Å²) in [6.45, 7) is 4.80. The van der Waals surface area contributed by atoms with Crippen LogP contribution >= 0.6 is 0 Å². The first-order valence-corrected chi connectivity index (χ1v) is 9.35. The Balaban J connectivity index is 1.43. The van der Waals surface area contributed by atoms with Crippen LogP contribution in [0, 0.1) is 0 Å². The van der Waals surface area contributed by atoms with Gasteiger partial charge in [0.25, 0.3) is 0 Å². The highest BCUT2D eigenvalue weighted by Gasteiger charge is 2.14. The lowest BCUT2D eigenvalue weighted by atomic mass is 10.1. The lowest BCUT2D eigenvalue weighted by Gasteiger charge is -2.34. The summed E-state index contributed by atoms with van der Waals surface area (Å²) in [5, 5.41) is 5.78. The van der Waals surface area contributed by atoms with Crippen LogP contribution in [0.1, 0.15) is 5.56 Å². The Labute approximate surface area is 161 Å². The molecule has 0 aromatic heterocycles. The zero-order valence-corrected chi connectivity index (χ0v) is 16.1. The second-order valence-electron chi connectivity index (χ2n) is 6.82. The van der Waals surface area contributed by atoms with Crippen molar-refractivity contribution in [1.29, 1.82) is 0 Å². The van der Waals surface area contributed by atoms with Crippen molar-refractivity contribution in [2.75, 3.05) is 57.1 Å². The Kier molecular flexibility index (Phi) is 6.54. The molecule has 6 nitrogen and oxygen atoms in total. The van der Waals surface area contributed by atoms with Gasteiger partial charge in [0.2, 0.25) is 0 Å². The third kappa shape index (κ3) is 5.62. The number of piperazine rings is 1. The van der Waals surface area contributed by atoms with Crippen molar-refractivity contribution in [3.05, 3.63) is 54.1 Å². The van der Waals surface area contributed by atoms with E-state index in [1.54, 1.807) is 7.11 Å². The van der Waals surface area contributed by atoms with Crippen LogP contribution in [-0.4, -0.2) is 57.8 Å². The van der Waals surface area contributed by atoms with Gasteiger partial charge in [-0.3, -0.25) is 0 Å². The molecule has 1 aliphatic heterocycles. The van der Waals surface area contributed by atoms with Crippen molar-refractivity contribution >= 4 is 17.4 Å². The SMILES string of the molecule is COc1cccc(CCNC(=O)Nc2ccc(N3CCN(C)CC3)cc2)c1. The minimum absolute atomic E-state index is 0.190. The predicted molar refractivity (Wildman–Crippen MR) is 110 cm³/mol. The molecule has 0 atom stereocenters. The molecule has 0 bridgehead atoms. The minimum atomic E-state index is -0.190. The number of nitrogens with zero attached hydrogens (tertiary/aromatic N) is 2. The van der Waals surface area contributed by atoms with E-state index in [9.17, 15) is 4.79 Å². The normalized spacial score (nSPS) is 14.7. The molecule has 27 heavy (non-hydrogen) atoms. The Morgan fingerprint density at radius 1 is 1.07 bits per heavy atom. The monoisotopic (exact) mass is 368 g/mol. The topological polar surface area (TPSA) is 56.8 Å². The summed E-state index contributed by atoms with van der Waals surface area (Å²) >= 11 is 0. The van der Waals surface area contributed by atoms with Crippen LogP contribution < -0.4 is 20.3 Å². The van der Waals surface area contributed by atoms with Crippen LogP contribution in [0.15, 0.2) is 48.5 Å². The molecular formula is C21H28N4O2. The van der Waals surface area contributed by atoms with Crippen LogP contribution in [0.3, 0.4) is 0 Å². The molecule has 0 aliphatic carbocycles. The molecule has 6 heteroatoms. The molecule has 0 unspecified atom stereocenters. The molecule has 3 rings (SSSR count). The van der Waals surface area contributed by atoms with E-state index in [1.807, 2.05) is 36.4 Å². The highest BCUT2D eigenvalue weighted by molar-refractivity contribution is 5.89. The largest absolute Gasteiger partial charge is 0.497 e. The van der Waals surface area contributed by atoms with E-state index < -0.39 is 0 Å². The van der Waals surface area contributed by atoms with Crippen LogP contribution in [-0.2, 0) is 6.42 Å². The fourth-order valence-corrected chi connectivity index (χ4v) is 3.14. The second kappa shape index (κ2) is 9.28. The first-order valence-electron chi connectivity index (χ1n) is 9.35. The van der Waals surface area contributed by atoms with E-state index >= 15 is 0 Å². The van der Waals surface area contributed by atoms with Crippen molar-refractivity contribution in [2.24, 2.45) is 0 Å². The number of carbonyl (C=O) groups is 1. The third-order valence-electron chi connectivity index (χ3n) is 4.83. The van der Waals surface area contributed by atoms with Gasteiger partial charge in [-0.15, -0.1) is 0 Å². The van der Waals surface area contributed by atoms with E-state index in [2.05, 4.69) is 39.6 Å². The number of urea groups is 1. The lowest BCUT2D eigenvalue weighted by molar-refractivity contribution is 0.252. The van der Waals surface area contributed by atoms with Crippen molar-refractivity contribution < 1.29 is 9.53 Å². The first kappa shape index (κ1) is 19.0. The highest BCUT2D eigenvalue weighted by atomic mass is 16.5. The van der Waals surface area contributed by atoms with Crippen molar-refractivity contribution in [2.45, 2.75) is 6.42 Å². The number of amides is 2. The quantitative estimate of drug-likeness (QED) is 0.823.